The molecule has 0 radical (unpaired) electrons. The number of terminal acetylenes is 1. The van der Waals surface area contributed by atoms with Crippen LogP contribution in [-0.4, -0.2) is 48.4 Å². The van der Waals surface area contributed by atoms with Crippen LogP contribution in [0.3, 0.4) is 0 Å². The van der Waals surface area contributed by atoms with Crippen molar-refractivity contribution in [2.45, 2.75) is 51.9 Å². The Morgan fingerprint density at radius 1 is 1.20 bits per heavy atom. The molecule has 0 aliphatic carbocycles. The summed E-state index contributed by atoms with van der Waals surface area (Å²) in [4.78, 5) is 46.9. The van der Waals surface area contributed by atoms with E-state index in [1.807, 2.05) is 6.92 Å². The largest absolute Gasteiger partial charge is 0.463 e. The van der Waals surface area contributed by atoms with Gasteiger partial charge in [0.25, 0.3) is 0 Å². The van der Waals surface area contributed by atoms with Crippen molar-refractivity contribution in [3.63, 3.8) is 0 Å². The summed E-state index contributed by atoms with van der Waals surface area (Å²) in [7, 11) is 0. The van der Waals surface area contributed by atoms with E-state index in [0.717, 1.165) is 11.3 Å². The smallest absolute Gasteiger partial charge is 0.306 e. The van der Waals surface area contributed by atoms with E-state index in [1.54, 1.807) is 0 Å². The summed E-state index contributed by atoms with van der Waals surface area (Å²) in [5.74, 6) is 1.03. The Hall–Kier alpha value is -2.20. The molecular formula is C18H25NO6. The highest BCUT2D eigenvalue weighted by Crippen LogP contribution is 2.14. The second-order valence-electron chi connectivity index (χ2n) is 5.84. The van der Waals surface area contributed by atoms with Gasteiger partial charge in [0.1, 0.15) is 6.61 Å². The molecule has 0 saturated carbocycles. The van der Waals surface area contributed by atoms with Gasteiger partial charge >= 0.3 is 5.97 Å². The minimum atomic E-state index is -0.485. The van der Waals surface area contributed by atoms with E-state index < -0.39 is 17.7 Å². The summed E-state index contributed by atoms with van der Waals surface area (Å²) in [6.07, 6.45) is 7.59. The number of rotatable bonds is 11. The molecule has 1 aliphatic heterocycles. The van der Waals surface area contributed by atoms with Gasteiger partial charge in [0.15, 0.2) is 0 Å². The number of hydrogen-bond donors (Lipinski definition) is 0. The molecule has 1 aliphatic rings. The van der Waals surface area contributed by atoms with Gasteiger partial charge in [-0.1, -0.05) is 13.3 Å². The van der Waals surface area contributed by atoms with E-state index in [-0.39, 0.29) is 51.0 Å². The topological polar surface area (TPSA) is 90.0 Å². The van der Waals surface area contributed by atoms with Gasteiger partial charge in [-0.15, -0.1) is 12.3 Å². The van der Waals surface area contributed by atoms with Crippen LogP contribution in [0.15, 0.2) is 0 Å². The highest BCUT2D eigenvalue weighted by atomic mass is 16.6. The number of amides is 3. The molecule has 138 valence electrons. The lowest BCUT2D eigenvalue weighted by atomic mass is 9.99. The maximum atomic E-state index is 11.8. The molecule has 0 N–H and O–H groups in total. The standard InChI is InChI=1S/C18H25NO6/c1-3-6-14(4-2)13-18(23)25-12-11-24-10-5-7-15(20)19-16(21)8-9-17(19)22/h1,14H,4-13H2,2H3. The molecule has 1 saturated heterocycles. The van der Waals surface area contributed by atoms with Crippen LogP contribution in [0.2, 0.25) is 0 Å². The molecule has 1 unspecified atom stereocenters. The van der Waals surface area contributed by atoms with Crippen molar-refractivity contribution in [2.75, 3.05) is 19.8 Å². The van der Waals surface area contributed by atoms with Crippen LogP contribution >= 0.6 is 0 Å². The highest BCUT2D eigenvalue weighted by Gasteiger charge is 2.33. The zero-order valence-corrected chi connectivity index (χ0v) is 14.6. The Bertz CT molecular complexity index is 520. The Morgan fingerprint density at radius 2 is 1.88 bits per heavy atom. The molecule has 0 aromatic rings. The van der Waals surface area contributed by atoms with Crippen molar-refractivity contribution in [3.05, 3.63) is 0 Å². The molecule has 3 amide bonds. The van der Waals surface area contributed by atoms with E-state index in [2.05, 4.69) is 5.92 Å². The lowest BCUT2D eigenvalue weighted by molar-refractivity contribution is -0.149. The van der Waals surface area contributed by atoms with Gasteiger partial charge < -0.3 is 9.47 Å². The SMILES string of the molecule is C#CCC(CC)CC(=O)OCCOCCCC(=O)N1C(=O)CCC1=O. The molecule has 0 aromatic carbocycles. The number of hydrogen-bond acceptors (Lipinski definition) is 6. The summed E-state index contributed by atoms with van der Waals surface area (Å²) >= 11 is 0. The van der Waals surface area contributed by atoms with Gasteiger partial charge in [0.2, 0.25) is 17.7 Å². The third kappa shape index (κ3) is 7.48. The average Bonchev–Trinajstić information content (AvgIpc) is 2.92. The molecule has 7 heteroatoms. The molecule has 1 fully saturated rings. The summed E-state index contributed by atoms with van der Waals surface area (Å²) in [6, 6.07) is 0. The van der Waals surface area contributed by atoms with Crippen molar-refractivity contribution in [2.24, 2.45) is 5.92 Å². The predicted octanol–water partition coefficient (Wildman–Crippen LogP) is 1.44. The summed E-state index contributed by atoms with van der Waals surface area (Å²) < 4.78 is 10.3. The molecule has 1 atom stereocenters. The Morgan fingerprint density at radius 3 is 2.48 bits per heavy atom. The molecule has 25 heavy (non-hydrogen) atoms. The zero-order chi connectivity index (χ0) is 18.7. The van der Waals surface area contributed by atoms with Crippen LogP contribution in [0.5, 0.6) is 0 Å². The van der Waals surface area contributed by atoms with E-state index in [9.17, 15) is 19.2 Å². The van der Waals surface area contributed by atoms with Crippen LogP contribution in [0, 0.1) is 18.3 Å². The Balaban J connectivity index is 2.06. The van der Waals surface area contributed by atoms with Crippen LogP contribution in [0.1, 0.15) is 51.9 Å². The van der Waals surface area contributed by atoms with Crippen molar-refractivity contribution < 1.29 is 28.7 Å². The maximum absolute atomic E-state index is 11.8. The van der Waals surface area contributed by atoms with Gasteiger partial charge in [-0.3, -0.25) is 19.2 Å². The fourth-order valence-corrected chi connectivity index (χ4v) is 2.43. The normalized spacial score (nSPS) is 15.1. The quantitative estimate of drug-likeness (QED) is 0.242. The number of carbonyl (C=O) groups is 4. The number of carbonyl (C=O) groups excluding carboxylic acids is 4. The summed E-state index contributed by atoms with van der Waals surface area (Å²) in [6.45, 7) is 2.63. The third-order valence-corrected chi connectivity index (χ3v) is 3.91. The first kappa shape index (κ1) is 20.8. The number of esters is 1. The number of nitrogens with zero attached hydrogens (tertiary/aromatic N) is 1. The highest BCUT2D eigenvalue weighted by molar-refractivity contribution is 6.14. The monoisotopic (exact) mass is 351 g/mol. The van der Waals surface area contributed by atoms with Crippen molar-refractivity contribution in [1.29, 1.82) is 0 Å². The third-order valence-electron chi connectivity index (χ3n) is 3.91. The van der Waals surface area contributed by atoms with E-state index in [1.165, 1.54) is 0 Å². The maximum Gasteiger partial charge on any atom is 0.306 e. The molecule has 0 spiro atoms. The minimum absolute atomic E-state index is 0.0710. The Labute approximate surface area is 148 Å². The van der Waals surface area contributed by atoms with E-state index in [0.29, 0.717) is 19.3 Å². The summed E-state index contributed by atoms with van der Waals surface area (Å²) in [5.41, 5.74) is 0. The molecular weight excluding hydrogens is 326 g/mol. The average molecular weight is 351 g/mol. The van der Waals surface area contributed by atoms with E-state index in [4.69, 9.17) is 15.9 Å². The second kappa shape index (κ2) is 11.4. The van der Waals surface area contributed by atoms with Crippen molar-refractivity contribution >= 4 is 23.7 Å². The molecule has 0 bridgehead atoms. The lowest BCUT2D eigenvalue weighted by Crippen LogP contribution is -2.35. The van der Waals surface area contributed by atoms with Gasteiger partial charge in [0, 0.05) is 38.7 Å². The van der Waals surface area contributed by atoms with Crippen LogP contribution in [-0.2, 0) is 28.7 Å². The van der Waals surface area contributed by atoms with Gasteiger partial charge in [-0.2, -0.15) is 0 Å². The molecule has 1 heterocycles. The van der Waals surface area contributed by atoms with Crippen LogP contribution in [0.25, 0.3) is 0 Å². The Kier molecular flexibility index (Phi) is 9.48. The number of ether oxygens (including phenoxy) is 2. The first-order valence-corrected chi connectivity index (χ1v) is 8.55. The van der Waals surface area contributed by atoms with Crippen LogP contribution < -0.4 is 0 Å². The molecule has 0 aromatic heterocycles. The molecule has 1 rings (SSSR count). The van der Waals surface area contributed by atoms with Gasteiger partial charge in [0.05, 0.1) is 6.61 Å². The first-order chi connectivity index (χ1) is 12.0. The fourth-order valence-electron chi connectivity index (χ4n) is 2.43. The predicted molar refractivity (Wildman–Crippen MR) is 89.0 cm³/mol. The minimum Gasteiger partial charge on any atom is -0.463 e. The fraction of sp³-hybridized carbons (Fsp3) is 0.667. The zero-order valence-electron chi connectivity index (χ0n) is 14.6. The molecule has 7 nitrogen and oxygen atoms in total. The lowest BCUT2D eigenvalue weighted by Gasteiger charge is -2.12. The van der Waals surface area contributed by atoms with Crippen molar-refractivity contribution in [1.82, 2.24) is 4.90 Å². The first-order valence-electron chi connectivity index (χ1n) is 8.55. The van der Waals surface area contributed by atoms with Crippen LogP contribution in [0.4, 0.5) is 0 Å². The summed E-state index contributed by atoms with van der Waals surface area (Å²) in [5, 5.41) is 0. The van der Waals surface area contributed by atoms with Gasteiger partial charge in [-0.25, -0.2) is 4.90 Å². The van der Waals surface area contributed by atoms with Crippen molar-refractivity contribution in [3.8, 4) is 12.3 Å². The van der Waals surface area contributed by atoms with E-state index >= 15 is 0 Å². The number of likely N-dealkylation sites (tertiary alicyclic amines) is 1. The second-order valence-corrected chi connectivity index (χ2v) is 5.84. The number of imide groups is 3. The van der Waals surface area contributed by atoms with Gasteiger partial charge in [-0.05, 0) is 12.3 Å².